The number of hydrogen-bond donors (Lipinski definition) is 2. The van der Waals surface area contributed by atoms with Gasteiger partial charge in [-0.25, -0.2) is 4.79 Å². The third kappa shape index (κ3) is 4.38. The van der Waals surface area contributed by atoms with Crippen molar-refractivity contribution in [2.75, 3.05) is 6.61 Å². The van der Waals surface area contributed by atoms with E-state index in [4.69, 9.17) is 9.84 Å². The van der Waals surface area contributed by atoms with Crippen LogP contribution in [0.2, 0.25) is 0 Å². The average molecular weight is 339 g/mol. The molecule has 0 saturated heterocycles. The van der Waals surface area contributed by atoms with Crippen molar-refractivity contribution in [3.63, 3.8) is 0 Å². The molecule has 0 bridgehead atoms. The van der Waals surface area contributed by atoms with Crippen molar-refractivity contribution in [2.24, 2.45) is 5.92 Å². The Morgan fingerprint density at radius 1 is 1.12 bits per heavy atom. The van der Waals surface area contributed by atoms with Crippen LogP contribution < -0.4 is 10.1 Å². The predicted molar refractivity (Wildman–Crippen MR) is 93.6 cm³/mol. The first-order valence-corrected chi connectivity index (χ1v) is 8.44. The highest BCUT2D eigenvalue weighted by Crippen LogP contribution is 2.37. The molecule has 0 aliphatic heterocycles. The fourth-order valence-corrected chi connectivity index (χ4v) is 3.00. The number of amides is 1. The molecule has 1 fully saturated rings. The first-order valence-electron chi connectivity index (χ1n) is 8.44. The number of hydrogen-bond acceptors (Lipinski definition) is 3. The van der Waals surface area contributed by atoms with E-state index in [0.717, 1.165) is 18.4 Å². The molecule has 0 radical (unpaired) electrons. The van der Waals surface area contributed by atoms with Gasteiger partial charge in [-0.05, 0) is 42.5 Å². The molecule has 2 aromatic rings. The first-order chi connectivity index (χ1) is 12.1. The Bertz CT molecular complexity index is 740. The van der Waals surface area contributed by atoms with E-state index in [1.165, 1.54) is 6.42 Å². The molecule has 1 aliphatic carbocycles. The SMILES string of the molecule is O=C(O)COc1cccc(C(=O)NC(c2ccccc2)C2CCC2)c1. The molecule has 130 valence electrons. The maximum absolute atomic E-state index is 12.7. The second kappa shape index (κ2) is 7.83. The molecule has 1 aliphatic rings. The van der Waals surface area contributed by atoms with Crippen molar-refractivity contribution in [2.45, 2.75) is 25.3 Å². The van der Waals surface area contributed by atoms with Crippen LogP contribution in [0.15, 0.2) is 54.6 Å². The minimum Gasteiger partial charge on any atom is -0.482 e. The van der Waals surface area contributed by atoms with Gasteiger partial charge in [0.05, 0.1) is 6.04 Å². The van der Waals surface area contributed by atoms with Gasteiger partial charge in [0.15, 0.2) is 6.61 Å². The lowest BCUT2D eigenvalue weighted by atomic mass is 9.77. The summed E-state index contributed by atoms with van der Waals surface area (Å²) in [5.74, 6) is -0.404. The molecule has 25 heavy (non-hydrogen) atoms. The smallest absolute Gasteiger partial charge is 0.341 e. The molecule has 1 amide bonds. The summed E-state index contributed by atoms with van der Waals surface area (Å²) in [6, 6.07) is 16.6. The van der Waals surface area contributed by atoms with Crippen molar-refractivity contribution >= 4 is 11.9 Å². The fourth-order valence-electron chi connectivity index (χ4n) is 3.00. The summed E-state index contributed by atoms with van der Waals surface area (Å²) in [7, 11) is 0. The number of benzene rings is 2. The van der Waals surface area contributed by atoms with Gasteiger partial charge in [0.25, 0.3) is 5.91 Å². The van der Waals surface area contributed by atoms with Gasteiger partial charge < -0.3 is 15.2 Å². The van der Waals surface area contributed by atoms with Crippen LogP contribution in [0.4, 0.5) is 0 Å². The van der Waals surface area contributed by atoms with E-state index in [9.17, 15) is 9.59 Å². The zero-order valence-corrected chi connectivity index (χ0v) is 13.9. The van der Waals surface area contributed by atoms with Crippen molar-refractivity contribution in [3.05, 3.63) is 65.7 Å². The van der Waals surface area contributed by atoms with Gasteiger partial charge in [-0.2, -0.15) is 0 Å². The molecule has 2 aromatic carbocycles. The first kappa shape index (κ1) is 17.0. The largest absolute Gasteiger partial charge is 0.482 e. The molecule has 3 rings (SSSR count). The molecule has 1 atom stereocenters. The van der Waals surface area contributed by atoms with Gasteiger partial charge >= 0.3 is 5.97 Å². The number of carbonyl (C=O) groups excluding carboxylic acids is 1. The summed E-state index contributed by atoms with van der Waals surface area (Å²) in [5, 5.41) is 11.8. The van der Waals surface area contributed by atoms with E-state index in [0.29, 0.717) is 17.2 Å². The van der Waals surface area contributed by atoms with Crippen molar-refractivity contribution in [1.29, 1.82) is 0 Å². The van der Waals surface area contributed by atoms with E-state index in [1.54, 1.807) is 24.3 Å². The minimum atomic E-state index is -1.05. The molecule has 5 heteroatoms. The molecule has 0 aromatic heterocycles. The van der Waals surface area contributed by atoms with Crippen molar-refractivity contribution in [1.82, 2.24) is 5.32 Å². The van der Waals surface area contributed by atoms with Crippen LogP contribution in [0, 0.1) is 5.92 Å². The number of aliphatic carboxylic acids is 1. The van der Waals surface area contributed by atoms with Gasteiger partial charge in [0.2, 0.25) is 0 Å². The highest BCUT2D eigenvalue weighted by Gasteiger charge is 2.29. The van der Waals surface area contributed by atoms with Gasteiger partial charge in [-0.3, -0.25) is 4.79 Å². The monoisotopic (exact) mass is 339 g/mol. The molecule has 1 unspecified atom stereocenters. The van der Waals surface area contributed by atoms with E-state index in [2.05, 4.69) is 5.32 Å². The number of ether oxygens (including phenoxy) is 1. The minimum absolute atomic E-state index is 0.00829. The number of carboxylic acids is 1. The lowest BCUT2D eigenvalue weighted by Crippen LogP contribution is -2.36. The van der Waals surface area contributed by atoms with Gasteiger partial charge in [0.1, 0.15) is 5.75 Å². The zero-order valence-electron chi connectivity index (χ0n) is 13.9. The van der Waals surface area contributed by atoms with Crippen LogP contribution in [-0.2, 0) is 4.79 Å². The molecule has 5 nitrogen and oxygen atoms in total. The predicted octanol–water partition coefficient (Wildman–Crippen LogP) is 3.42. The van der Waals surface area contributed by atoms with E-state index < -0.39 is 12.6 Å². The number of carboxylic acid groups (broad SMARTS) is 1. The summed E-state index contributed by atoms with van der Waals surface area (Å²) in [4.78, 5) is 23.3. The van der Waals surface area contributed by atoms with E-state index in [1.807, 2.05) is 30.3 Å². The Balaban J connectivity index is 1.73. The van der Waals surface area contributed by atoms with Gasteiger partial charge in [0, 0.05) is 5.56 Å². The maximum atomic E-state index is 12.7. The quantitative estimate of drug-likeness (QED) is 0.810. The average Bonchev–Trinajstić information content (AvgIpc) is 2.59. The van der Waals surface area contributed by atoms with Crippen molar-refractivity contribution in [3.8, 4) is 5.75 Å². The maximum Gasteiger partial charge on any atom is 0.341 e. The lowest BCUT2D eigenvalue weighted by molar-refractivity contribution is -0.139. The van der Waals surface area contributed by atoms with Crippen LogP contribution in [-0.4, -0.2) is 23.6 Å². The summed E-state index contributed by atoms with van der Waals surface area (Å²) in [6.07, 6.45) is 3.42. The normalized spacial score (nSPS) is 15.0. The highest BCUT2D eigenvalue weighted by molar-refractivity contribution is 5.94. The van der Waals surface area contributed by atoms with Crippen molar-refractivity contribution < 1.29 is 19.4 Å². The van der Waals surface area contributed by atoms with Gasteiger partial charge in [-0.15, -0.1) is 0 Å². The van der Waals surface area contributed by atoms with Crippen LogP contribution in [0.25, 0.3) is 0 Å². The Kier molecular flexibility index (Phi) is 5.33. The second-order valence-corrected chi connectivity index (χ2v) is 6.26. The van der Waals surface area contributed by atoms with Gasteiger partial charge in [-0.1, -0.05) is 42.8 Å². The summed E-state index contributed by atoms with van der Waals surface area (Å²) >= 11 is 0. The van der Waals surface area contributed by atoms with Crippen LogP contribution in [0.5, 0.6) is 5.75 Å². The van der Waals surface area contributed by atoms with E-state index >= 15 is 0 Å². The highest BCUT2D eigenvalue weighted by atomic mass is 16.5. The molecule has 0 spiro atoms. The third-order valence-electron chi connectivity index (χ3n) is 4.53. The fraction of sp³-hybridized carbons (Fsp3) is 0.300. The number of rotatable bonds is 7. The third-order valence-corrected chi connectivity index (χ3v) is 4.53. The lowest BCUT2D eigenvalue weighted by Gasteiger charge is -2.34. The standard InChI is InChI=1S/C20H21NO4/c22-18(23)13-25-17-11-5-10-16(12-17)20(24)21-19(15-8-4-9-15)14-6-2-1-3-7-14/h1-3,5-7,10-12,15,19H,4,8-9,13H2,(H,21,24)(H,22,23). The Hall–Kier alpha value is -2.82. The molecule has 1 saturated carbocycles. The number of carbonyl (C=O) groups is 2. The van der Waals surface area contributed by atoms with Crippen LogP contribution in [0.3, 0.4) is 0 Å². The summed E-state index contributed by atoms with van der Waals surface area (Å²) in [6.45, 7) is -0.431. The Morgan fingerprint density at radius 3 is 2.52 bits per heavy atom. The van der Waals surface area contributed by atoms with E-state index in [-0.39, 0.29) is 11.9 Å². The number of nitrogens with one attached hydrogen (secondary N) is 1. The molecule has 2 N–H and O–H groups in total. The summed E-state index contributed by atoms with van der Waals surface area (Å²) in [5.41, 5.74) is 1.57. The van der Waals surface area contributed by atoms with Crippen LogP contribution >= 0.6 is 0 Å². The Labute approximate surface area is 146 Å². The van der Waals surface area contributed by atoms with Crippen LogP contribution in [0.1, 0.15) is 41.2 Å². The molecular formula is C20H21NO4. The second-order valence-electron chi connectivity index (χ2n) is 6.26. The Morgan fingerprint density at radius 2 is 1.88 bits per heavy atom. The summed E-state index contributed by atoms with van der Waals surface area (Å²) < 4.78 is 5.15. The topological polar surface area (TPSA) is 75.6 Å². The molecule has 0 heterocycles. The molecular weight excluding hydrogens is 318 g/mol. The zero-order chi connectivity index (χ0) is 17.6.